The van der Waals surface area contributed by atoms with Gasteiger partial charge in [-0.15, -0.1) is 0 Å². The summed E-state index contributed by atoms with van der Waals surface area (Å²) in [5.74, 6) is -2.05. The van der Waals surface area contributed by atoms with Crippen molar-refractivity contribution < 1.29 is 24.7 Å². The quantitative estimate of drug-likeness (QED) is 0.512. The van der Waals surface area contributed by atoms with Gasteiger partial charge in [0.15, 0.2) is 6.10 Å². The number of carboxylic acids is 1. The normalized spacial score (nSPS) is 11.7. The molecule has 1 atom stereocenters. The van der Waals surface area contributed by atoms with Crippen molar-refractivity contribution in [2.24, 2.45) is 0 Å². The highest BCUT2D eigenvalue weighted by Crippen LogP contribution is 2.16. The molecule has 1 amide bonds. The lowest BCUT2D eigenvalue weighted by Gasteiger charge is -2.09. The Balaban J connectivity index is 2.78. The zero-order chi connectivity index (χ0) is 14.6. The van der Waals surface area contributed by atoms with E-state index in [0.29, 0.717) is 5.56 Å². The smallest absolute Gasteiger partial charge is 0.334 e. The first-order chi connectivity index (χ1) is 8.82. The van der Waals surface area contributed by atoms with Gasteiger partial charge in [0.2, 0.25) is 0 Å². The number of nitrogens with one attached hydrogen (secondary N) is 1. The van der Waals surface area contributed by atoms with Crippen LogP contribution in [0.25, 0.3) is 0 Å². The zero-order valence-electron chi connectivity index (χ0n) is 9.99. The summed E-state index contributed by atoms with van der Waals surface area (Å²) in [5, 5.41) is 30.2. The van der Waals surface area contributed by atoms with Crippen LogP contribution in [0.2, 0.25) is 0 Å². The summed E-state index contributed by atoms with van der Waals surface area (Å²) in [4.78, 5) is 32.0. The Bertz CT molecular complexity index is 528. The molecule has 8 heteroatoms. The van der Waals surface area contributed by atoms with Gasteiger partial charge >= 0.3 is 5.97 Å². The van der Waals surface area contributed by atoms with Crippen molar-refractivity contribution in [1.82, 2.24) is 5.32 Å². The van der Waals surface area contributed by atoms with Gasteiger partial charge < -0.3 is 15.5 Å². The van der Waals surface area contributed by atoms with E-state index in [1.807, 2.05) is 0 Å². The first-order valence-electron chi connectivity index (χ1n) is 5.27. The second-order valence-corrected chi connectivity index (χ2v) is 3.82. The number of aliphatic hydroxyl groups excluding tert-OH is 1. The number of hydrogen-bond donors (Lipinski definition) is 3. The summed E-state index contributed by atoms with van der Waals surface area (Å²) >= 11 is 0. The fraction of sp³-hybridized carbons (Fsp3) is 0.273. The number of non-ortho nitro benzene ring substituents is 1. The third-order valence-electron chi connectivity index (χ3n) is 2.41. The number of carbonyl (C=O) groups excluding carboxylic acids is 1. The van der Waals surface area contributed by atoms with E-state index < -0.39 is 29.4 Å². The predicted molar refractivity (Wildman–Crippen MR) is 63.8 cm³/mol. The van der Waals surface area contributed by atoms with Crippen molar-refractivity contribution in [3.8, 4) is 0 Å². The second-order valence-electron chi connectivity index (χ2n) is 3.82. The molecule has 8 nitrogen and oxygen atoms in total. The van der Waals surface area contributed by atoms with Crippen LogP contribution in [-0.4, -0.2) is 39.7 Å². The van der Waals surface area contributed by atoms with Crippen LogP contribution in [0.4, 0.5) is 5.69 Å². The number of rotatable bonds is 5. The minimum atomic E-state index is -1.69. The molecule has 3 N–H and O–H groups in total. The van der Waals surface area contributed by atoms with E-state index >= 15 is 0 Å². The molecule has 0 aliphatic carbocycles. The summed E-state index contributed by atoms with van der Waals surface area (Å²) in [6, 6.07) is 3.69. The number of carboxylic acid groups (broad SMARTS) is 1. The third kappa shape index (κ3) is 3.75. The third-order valence-corrected chi connectivity index (χ3v) is 2.41. The van der Waals surface area contributed by atoms with Crippen LogP contribution in [0.1, 0.15) is 15.9 Å². The minimum Gasteiger partial charge on any atom is -0.479 e. The topological polar surface area (TPSA) is 130 Å². The van der Waals surface area contributed by atoms with E-state index in [2.05, 4.69) is 5.32 Å². The molecule has 0 saturated carbocycles. The number of aliphatic hydroxyl groups is 1. The molecule has 1 rings (SSSR count). The molecule has 1 aromatic carbocycles. The van der Waals surface area contributed by atoms with E-state index in [9.17, 15) is 19.7 Å². The fourth-order valence-corrected chi connectivity index (χ4v) is 1.39. The Labute approximate surface area is 107 Å². The first kappa shape index (κ1) is 14.6. The number of nitro groups is 1. The van der Waals surface area contributed by atoms with Gasteiger partial charge in [0, 0.05) is 17.7 Å². The van der Waals surface area contributed by atoms with Crippen molar-refractivity contribution >= 4 is 17.6 Å². The van der Waals surface area contributed by atoms with Gasteiger partial charge in [0.05, 0.1) is 11.5 Å². The highest BCUT2D eigenvalue weighted by molar-refractivity contribution is 5.96. The monoisotopic (exact) mass is 268 g/mol. The van der Waals surface area contributed by atoms with Crippen LogP contribution < -0.4 is 5.32 Å². The lowest BCUT2D eigenvalue weighted by atomic mass is 10.1. The lowest BCUT2D eigenvalue weighted by molar-refractivity contribution is -0.384. The summed E-state index contributed by atoms with van der Waals surface area (Å²) in [5.41, 5.74) is 0.430. The molecule has 0 bridgehead atoms. The van der Waals surface area contributed by atoms with Crippen molar-refractivity contribution in [3.63, 3.8) is 0 Å². The van der Waals surface area contributed by atoms with Gasteiger partial charge in [0.1, 0.15) is 0 Å². The van der Waals surface area contributed by atoms with E-state index in [1.165, 1.54) is 25.1 Å². The Kier molecular flexibility index (Phi) is 4.54. The van der Waals surface area contributed by atoms with Gasteiger partial charge in [-0.05, 0) is 18.6 Å². The van der Waals surface area contributed by atoms with E-state index in [1.54, 1.807) is 0 Å². The zero-order valence-corrected chi connectivity index (χ0v) is 9.99. The molecule has 19 heavy (non-hydrogen) atoms. The Morgan fingerprint density at radius 2 is 2.11 bits per heavy atom. The van der Waals surface area contributed by atoms with Crippen LogP contribution in [0, 0.1) is 17.0 Å². The molecule has 0 fully saturated rings. The molecule has 102 valence electrons. The molecule has 0 spiro atoms. The summed E-state index contributed by atoms with van der Waals surface area (Å²) < 4.78 is 0. The van der Waals surface area contributed by atoms with Crippen LogP contribution in [0.3, 0.4) is 0 Å². The maximum Gasteiger partial charge on any atom is 0.334 e. The molecule has 0 aromatic heterocycles. The Morgan fingerprint density at radius 1 is 1.47 bits per heavy atom. The molecule has 0 unspecified atom stereocenters. The highest BCUT2D eigenvalue weighted by Gasteiger charge is 2.17. The average Bonchev–Trinajstić information content (AvgIpc) is 2.34. The maximum absolute atomic E-state index is 11.7. The lowest BCUT2D eigenvalue weighted by Crippen LogP contribution is -2.36. The van der Waals surface area contributed by atoms with E-state index in [-0.39, 0.29) is 11.3 Å². The predicted octanol–water partition coefficient (Wildman–Crippen LogP) is 0.0785. The number of benzene rings is 1. The Morgan fingerprint density at radius 3 is 2.58 bits per heavy atom. The van der Waals surface area contributed by atoms with Gasteiger partial charge in [-0.2, -0.15) is 0 Å². The van der Waals surface area contributed by atoms with Crippen molar-refractivity contribution in [2.75, 3.05) is 6.54 Å². The number of nitrogens with zero attached hydrogens (tertiary/aromatic N) is 1. The molecular formula is C11H12N2O6. The number of aryl methyl sites for hydroxylation is 1. The molecule has 0 aliphatic rings. The van der Waals surface area contributed by atoms with Gasteiger partial charge in [-0.25, -0.2) is 4.79 Å². The minimum absolute atomic E-state index is 0.139. The maximum atomic E-state index is 11.7. The van der Waals surface area contributed by atoms with E-state index in [0.717, 1.165) is 0 Å². The number of aliphatic carboxylic acids is 1. The fourth-order valence-electron chi connectivity index (χ4n) is 1.39. The van der Waals surface area contributed by atoms with E-state index in [4.69, 9.17) is 10.2 Å². The summed E-state index contributed by atoms with van der Waals surface area (Å²) in [6.45, 7) is 1.08. The first-order valence-corrected chi connectivity index (χ1v) is 5.27. The largest absolute Gasteiger partial charge is 0.479 e. The molecule has 0 saturated heterocycles. The highest BCUT2D eigenvalue weighted by atomic mass is 16.6. The standard InChI is InChI=1S/C11H12N2O6/c1-6-4-7(13(18)19)2-3-8(6)10(15)12-5-9(14)11(16)17/h2-4,9,14H,5H2,1H3,(H,12,15)(H,16,17)/t9-/m0/s1. The molecule has 1 aromatic rings. The summed E-state index contributed by atoms with van der Waals surface area (Å²) in [7, 11) is 0. The molecule has 0 radical (unpaired) electrons. The van der Waals surface area contributed by atoms with Crippen LogP contribution in [0.5, 0.6) is 0 Å². The average molecular weight is 268 g/mol. The summed E-state index contributed by atoms with van der Waals surface area (Å²) in [6.07, 6.45) is -1.69. The number of hydrogen-bond acceptors (Lipinski definition) is 5. The number of carbonyl (C=O) groups is 2. The number of nitro benzene ring substituents is 1. The van der Waals surface area contributed by atoms with Crippen molar-refractivity contribution in [1.29, 1.82) is 0 Å². The van der Waals surface area contributed by atoms with Crippen LogP contribution in [-0.2, 0) is 4.79 Å². The Hall–Kier alpha value is -2.48. The van der Waals surface area contributed by atoms with Crippen molar-refractivity contribution in [3.05, 3.63) is 39.4 Å². The van der Waals surface area contributed by atoms with Crippen molar-refractivity contribution in [2.45, 2.75) is 13.0 Å². The second kappa shape index (κ2) is 5.91. The number of amides is 1. The molecule has 0 aliphatic heterocycles. The molecule has 0 heterocycles. The SMILES string of the molecule is Cc1cc([N+](=O)[O-])ccc1C(=O)NC[C@H](O)C(=O)O. The molecular weight excluding hydrogens is 256 g/mol. The van der Waals surface area contributed by atoms with Crippen LogP contribution >= 0.6 is 0 Å². The van der Waals surface area contributed by atoms with Gasteiger partial charge in [-0.3, -0.25) is 14.9 Å². The van der Waals surface area contributed by atoms with Gasteiger partial charge in [0.25, 0.3) is 11.6 Å². The van der Waals surface area contributed by atoms with Crippen LogP contribution in [0.15, 0.2) is 18.2 Å². The van der Waals surface area contributed by atoms with Gasteiger partial charge in [-0.1, -0.05) is 0 Å².